The zero-order chi connectivity index (χ0) is 16.5. The lowest BCUT2D eigenvalue weighted by Gasteiger charge is -2.05. The Balaban J connectivity index is 1.85. The number of nitrogens with zero attached hydrogens (tertiary/aromatic N) is 1. The van der Waals surface area contributed by atoms with E-state index < -0.39 is 0 Å². The van der Waals surface area contributed by atoms with Crippen LogP contribution < -0.4 is 10.2 Å². The van der Waals surface area contributed by atoms with Crippen molar-refractivity contribution in [2.24, 2.45) is 5.10 Å². The molecule has 1 N–H and O–H groups in total. The van der Waals surface area contributed by atoms with E-state index in [0.717, 1.165) is 24.2 Å². The van der Waals surface area contributed by atoms with Crippen molar-refractivity contribution in [3.63, 3.8) is 0 Å². The third kappa shape index (κ3) is 5.54. The molecule has 0 atom stereocenters. The number of nitrogens with one attached hydrogen (secondary N) is 1. The van der Waals surface area contributed by atoms with Gasteiger partial charge in [-0.3, -0.25) is 4.79 Å². The molecule has 4 nitrogen and oxygen atoms in total. The Labute approximate surface area is 135 Å². The molecule has 2 rings (SSSR count). The molecule has 0 bridgehead atoms. The zero-order valence-electron chi connectivity index (χ0n) is 13.0. The van der Waals surface area contributed by atoms with Gasteiger partial charge in [0.25, 0.3) is 5.91 Å². The summed E-state index contributed by atoms with van der Waals surface area (Å²) >= 11 is 0. The number of halogens is 1. The minimum Gasteiger partial charge on any atom is -0.494 e. The van der Waals surface area contributed by atoms with Crippen LogP contribution in [-0.4, -0.2) is 18.7 Å². The first-order valence-electron chi connectivity index (χ1n) is 7.51. The van der Waals surface area contributed by atoms with Gasteiger partial charge in [-0.15, -0.1) is 0 Å². The van der Waals surface area contributed by atoms with Crippen LogP contribution in [0.5, 0.6) is 5.75 Å². The van der Waals surface area contributed by atoms with E-state index in [1.807, 2.05) is 24.3 Å². The van der Waals surface area contributed by atoms with Crippen LogP contribution in [0.15, 0.2) is 53.6 Å². The summed E-state index contributed by atoms with van der Waals surface area (Å²) in [5.41, 5.74) is 3.59. The fraction of sp³-hybridized carbons (Fsp3) is 0.222. The van der Waals surface area contributed by atoms with E-state index in [9.17, 15) is 9.18 Å². The van der Waals surface area contributed by atoms with Crippen LogP contribution in [0.4, 0.5) is 4.39 Å². The average molecular weight is 314 g/mol. The molecule has 120 valence electrons. The monoisotopic (exact) mass is 314 g/mol. The maximum absolute atomic E-state index is 12.8. The first-order valence-corrected chi connectivity index (χ1v) is 7.51. The predicted molar refractivity (Wildman–Crippen MR) is 88.3 cm³/mol. The summed E-state index contributed by atoms with van der Waals surface area (Å²) in [6.45, 7) is 2.82. The highest BCUT2D eigenvalue weighted by molar-refractivity contribution is 5.94. The minimum atomic E-state index is -0.388. The molecule has 0 fully saturated rings. The van der Waals surface area contributed by atoms with E-state index in [0.29, 0.717) is 12.2 Å². The molecule has 0 heterocycles. The fourth-order valence-corrected chi connectivity index (χ4v) is 1.82. The van der Waals surface area contributed by atoms with Crippen LogP contribution in [0.1, 0.15) is 35.7 Å². The Bertz CT molecular complexity index is 652. The summed E-state index contributed by atoms with van der Waals surface area (Å²) in [4.78, 5) is 11.8. The summed E-state index contributed by atoms with van der Waals surface area (Å²) in [6.07, 6.45) is 3.66. The number of rotatable bonds is 7. The average Bonchev–Trinajstić information content (AvgIpc) is 2.57. The standard InChI is InChI=1S/C18H19FN2O2/c1-2-3-12-23-17-10-4-14(5-11-17)13-20-21-18(22)15-6-8-16(19)9-7-15/h4-11,13H,2-3,12H2,1H3,(H,21,22). The lowest BCUT2D eigenvalue weighted by Crippen LogP contribution is -2.17. The molecule has 2 aromatic carbocycles. The van der Waals surface area contributed by atoms with Crippen molar-refractivity contribution in [2.75, 3.05) is 6.61 Å². The van der Waals surface area contributed by atoms with Crippen molar-refractivity contribution >= 4 is 12.1 Å². The Hall–Kier alpha value is -2.69. The summed E-state index contributed by atoms with van der Waals surface area (Å²) < 4.78 is 18.3. The number of carbonyl (C=O) groups excluding carboxylic acids is 1. The summed E-state index contributed by atoms with van der Waals surface area (Å²) in [5, 5.41) is 3.89. The van der Waals surface area contributed by atoms with Crippen LogP contribution in [0, 0.1) is 5.82 Å². The number of benzene rings is 2. The van der Waals surface area contributed by atoms with E-state index in [-0.39, 0.29) is 11.7 Å². The summed E-state index contributed by atoms with van der Waals surface area (Å²) in [6, 6.07) is 12.7. The second-order valence-electron chi connectivity index (χ2n) is 4.98. The highest BCUT2D eigenvalue weighted by Crippen LogP contribution is 2.11. The number of hydrogen-bond acceptors (Lipinski definition) is 3. The molecule has 23 heavy (non-hydrogen) atoms. The van der Waals surface area contributed by atoms with Crippen molar-refractivity contribution < 1.29 is 13.9 Å². The normalized spacial score (nSPS) is 10.7. The topological polar surface area (TPSA) is 50.7 Å². The number of ether oxygens (including phenoxy) is 1. The molecule has 0 aliphatic rings. The van der Waals surface area contributed by atoms with Crippen LogP contribution in [0.2, 0.25) is 0 Å². The molecule has 0 radical (unpaired) electrons. The van der Waals surface area contributed by atoms with Gasteiger partial charge in [0, 0.05) is 5.56 Å². The van der Waals surface area contributed by atoms with Crippen molar-refractivity contribution in [3.8, 4) is 5.75 Å². The van der Waals surface area contributed by atoms with E-state index in [1.165, 1.54) is 30.5 Å². The van der Waals surface area contributed by atoms with Gasteiger partial charge in [0.15, 0.2) is 0 Å². The molecule has 1 amide bonds. The maximum Gasteiger partial charge on any atom is 0.271 e. The molecule has 0 saturated heterocycles. The largest absolute Gasteiger partial charge is 0.494 e. The molecular weight excluding hydrogens is 295 g/mol. The molecule has 0 saturated carbocycles. The van der Waals surface area contributed by atoms with E-state index in [4.69, 9.17) is 4.74 Å². The third-order valence-corrected chi connectivity index (χ3v) is 3.13. The fourth-order valence-electron chi connectivity index (χ4n) is 1.82. The SMILES string of the molecule is CCCCOc1ccc(C=NNC(=O)c2ccc(F)cc2)cc1. The van der Waals surface area contributed by atoms with Crippen molar-refractivity contribution in [1.82, 2.24) is 5.43 Å². The third-order valence-electron chi connectivity index (χ3n) is 3.13. The minimum absolute atomic E-state index is 0.350. The van der Waals surface area contributed by atoms with Crippen molar-refractivity contribution in [1.29, 1.82) is 0 Å². The molecule has 2 aromatic rings. The highest BCUT2D eigenvalue weighted by Gasteiger charge is 2.03. The Kier molecular flexibility index (Phi) is 6.29. The number of amides is 1. The first-order chi connectivity index (χ1) is 11.2. The van der Waals surface area contributed by atoms with Crippen LogP contribution in [0.25, 0.3) is 0 Å². The van der Waals surface area contributed by atoms with Gasteiger partial charge in [-0.05, 0) is 60.5 Å². The summed E-state index contributed by atoms with van der Waals surface area (Å²) in [7, 11) is 0. The predicted octanol–water partition coefficient (Wildman–Crippen LogP) is 3.77. The number of unbranched alkanes of at least 4 members (excludes halogenated alkanes) is 1. The highest BCUT2D eigenvalue weighted by atomic mass is 19.1. The molecule has 0 aliphatic heterocycles. The molecular formula is C18H19FN2O2. The van der Waals surface area contributed by atoms with Crippen LogP contribution in [0.3, 0.4) is 0 Å². The zero-order valence-corrected chi connectivity index (χ0v) is 13.0. The van der Waals surface area contributed by atoms with Gasteiger partial charge in [0.2, 0.25) is 0 Å². The first kappa shape index (κ1) is 16.7. The molecule has 0 aromatic heterocycles. The van der Waals surface area contributed by atoms with Gasteiger partial charge in [0.1, 0.15) is 11.6 Å². The lowest BCUT2D eigenvalue weighted by molar-refractivity contribution is 0.0955. The van der Waals surface area contributed by atoms with Crippen molar-refractivity contribution in [2.45, 2.75) is 19.8 Å². The molecule has 5 heteroatoms. The van der Waals surface area contributed by atoms with Gasteiger partial charge in [-0.25, -0.2) is 9.82 Å². The van der Waals surface area contributed by atoms with E-state index in [1.54, 1.807) is 0 Å². The van der Waals surface area contributed by atoms with Gasteiger partial charge in [0.05, 0.1) is 12.8 Å². The van der Waals surface area contributed by atoms with Crippen LogP contribution in [-0.2, 0) is 0 Å². The Morgan fingerprint density at radius 3 is 2.52 bits per heavy atom. The summed E-state index contributed by atoms with van der Waals surface area (Å²) in [5.74, 6) is 0.0398. The van der Waals surface area contributed by atoms with E-state index >= 15 is 0 Å². The van der Waals surface area contributed by atoms with Gasteiger partial charge in [-0.1, -0.05) is 13.3 Å². The number of carbonyl (C=O) groups is 1. The molecule has 0 aliphatic carbocycles. The van der Waals surface area contributed by atoms with Gasteiger partial charge in [-0.2, -0.15) is 5.10 Å². The lowest BCUT2D eigenvalue weighted by atomic mass is 10.2. The Morgan fingerprint density at radius 1 is 1.17 bits per heavy atom. The van der Waals surface area contributed by atoms with E-state index in [2.05, 4.69) is 17.5 Å². The van der Waals surface area contributed by atoms with Gasteiger partial charge < -0.3 is 4.74 Å². The number of hydrazone groups is 1. The van der Waals surface area contributed by atoms with Crippen LogP contribution >= 0.6 is 0 Å². The Morgan fingerprint density at radius 2 is 1.87 bits per heavy atom. The van der Waals surface area contributed by atoms with Gasteiger partial charge >= 0.3 is 0 Å². The maximum atomic E-state index is 12.8. The quantitative estimate of drug-likeness (QED) is 0.480. The second-order valence-corrected chi connectivity index (χ2v) is 4.98. The molecule has 0 unspecified atom stereocenters. The smallest absolute Gasteiger partial charge is 0.271 e. The second kappa shape index (κ2) is 8.68. The number of hydrogen-bond donors (Lipinski definition) is 1. The molecule has 0 spiro atoms. The van der Waals surface area contributed by atoms with Crippen molar-refractivity contribution in [3.05, 3.63) is 65.5 Å².